The Kier molecular flexibility index (Phi) is 7.10. The van der Waals surface area contributed by atoms with Crippen LogP contribution in [0.2, 0.25) is 0 Å². The van der Waals surface area contributed by atoms with E-state index < -0.39 is 0 Å². The molecule has 25 heavy (non-hydrogen) atoms. The average Bonchev–Trinajstić information content (AvgIpc) is 3.12. The molecule has 1 atom stereocenters. The van der Waals surface area contributed by atoms with Crippen LogP contribution < -0.4 is 10.2 Å². The number of benzene rings is 1. The number of hydrogen-bond acceptors (Lipinski definition) is 1. The van der Waals surface area contributed by atoms with Gasteiger partial charge in [-0.05, 0) is 31.0 Å². The van der Waals surface area contributed by atoms with Crippen molar-refractivity contribution in [1.29, 1.82) is 0 Å². The molecule has 1 saturated heterocycles. The standard InChI is InChI=1S/C21H31N3O/c1-19(9-10-20-6-3-2-4-7-20)22-18-21-8-5-11-24(21)13-12-23-14-16-25-17-15-23/h2-8,11,19,22H,9-10,12-18H2,1H3/p+2/t19-/m0/s1. The van der Waals surface area contributed by atoms with Gasteiger partial charge in [0.15, 0.2) is 0 Å². The van der Waals surface area contributed by atoms with Crippen LogP contribution in [0, 0.1) is 0 Å². The molecule has 1 aliphatic heterocycles. The van der Waals surface area contributed by atoms with E-state index >= 15 is 0 Å². The predicted molar refractivity (Wildman–Crippen MR) is 101 cm³/mol. The van der Waals surface area contributed by atoms with Crippen LogP contribution in [0.5, 0.6) is 0 Å². The van der Waals surface area contributed by atoms with Crippen molar-refractivity contribution in [1.82, 2.24) is 4.57 Å². The number of nitrogens with one attached hydrogen (secondary N) is 1. The Morgan fingerprint density at radius 1 is 1.12 bits per heavy atom. The first-order valence-corrected chi connectivity index (χ1v) is 9.74. The van der Waals surface area contributed by atoms with Gasteiger partial charge in [-0.3, -0.25) is 0 Å². The number of quaternary nitrogens is 2. The Morgan fingerprint density at radius 3 is 2.72 bits per heavy atom. The van der Waals surface area contributed by atoms with Crippen molar-refractivity contribution >= 4 is 0 Å². The third-order valence-corrected chi connectivity index (χ3v) is 5.29. The number of nitrogens with zero attached hydrogens (tertiary/aromatic N) is 1. The van der Waals surface area contributed by atoms with Crippen molar-refractivity contribution in [3.05, 3.63) is 59.9 Å². The summed E-state index contributed by atoms with van der Waals surface area (Å²) in [7, 11) is 0. The number of nitrogens with two attached hydrogens (primary N) is 1. The van der Waals surface area contributed by atoms with Crippen molar-refractivity contribution in [3.8, 4) is 0 Å². The molecule has 4 heteroatoms. The normalized spacial score (nSPS) is 16.8. The molecule has 1 aromatic heterocycles. The highest BCUT2D eigenvalue weighted by molar-refractivity contribution is 5.14. The summed E-state index contributed by atoms with van der Waals surface area (Å²) in [5, 5.41) is 2.48. The van der Waals surface area contributed by atoms with E-state index in [2.05, 4.69) is 65.5 Å². The lowest BCUT2D eigenvalue weighted by Gasteiger charge is -2.24. The van der Waals surface area contributed by atoms with Gasteiger partial charge in [-0.25, -0.2) is 0 Å². The van der Waals surface area contributed by atoms with E-state index in [0.717, 1.165) is 39.4 Å². The Hall–Kier alpha value is -1.62. The monoisotopic (exact) mass is 343 g/mol. The van der Waals surface area contributed by atoms with Gasteiger partial charge >= 0.3 is 0 Å². The smallest absolute Gasteiger partial charge is 0.117 e. The molecule has 0 amide bonds. The van der Waals surface area contributed by atoms with Crippen LogP contribution in [0.25, 0.3) is 0 Å². The van der Waals surface area contributed by atoms with E-state index in [9.17, 15) is 0 Å². The number of hydrogen-bond donors (Lipinski definition) is 2. The predicted octanol–water partition coefficient (Wildman–Crippen LogP) is 0.488. The number of morpholine rings is 1. The molecule has 1 aliphatic rings. The molecule has 1 fully saturated rings. The quantitative estimate of drug-likeness (QED) is 0.683. The maximum atomic E-state index is 5.45. The van der Waals surface area contributed by atoms with Gasteiger partial charge in [-0.2, -0.15) is 0 Å². The lowest BCUT2D eigenvalue weighted by Crippen LogP contribution is -3.14. The minimum absolute atomic E-state index is 0.647. The number of aryl methyl sites for hydroxylation is 1. The first kappa shape index (κ1) is 18.2. The fraction of sp³-hybridized carbons (Fsp3) is 0.524. The van der Waals surface area contributed by atoms with Crippen molar-refractivity contribution in [3.63, 3.8) is 0 Å². The fourth-order valence-electron chi connectivity index (χ4n) is 3.52. The molecule has 3 rings (SSSR count). The van der Waals surface area contributed by atoms with E-state index in [0.29, 0.717) is 6.04 Å². The molecule has 0 spiro atoms. The SMILES string of the molecule is C[C@@H](CCc1ccccc1)[NH2+]Cc1cccn1CC[NH+]1CCOCC1. The van der Waals surface area contributed by atoms with Gasteiger partial charge in [0.1, 0.15) is 19.6 Å². The maximum absolute atomic E-state index is 5.45. The second-order valence-electron chi connectivity index (χ2n) is 7.25. The summed E-state index contributed by atoms with van der Waals surface area (Å²) in [6, 6.07) is 15.9. The Balaban J connectivity index is 1.39. The molecule has 0 bridgehead atoms. The summed E-state index contributed by atoms with van der Waals surface area (Å²) in [5.41, 5.74) is 2.89. The first-order valence-electron chi connectivity index (χ1n) is 9.74. The molecule has 1 aromatic carbocycles. The molecule has 0 unspecified atom stereocenters. The van der Waals surface area contributed by atoms with Gasteiger partial charge in [0.2, 0.25) is 0 Å². The zero-order chi connectivity index (χ0) is 17.3. The van der Waals surface area contributed by atoms with Crippen LogP contribution in [0.3, 0.4) is 0 Å². The topological polar surface area (TPSA) is 35.2 Å². The third-order valence-electron chi connectivity index (χ3n) is 5.29. The van der Waals surface area contributed by atoms with Crippen molar-refractivity contribution in [2.24, 2.45) is 0 Å². The first-order chi connectivity index (χ1) is 12.3. The molecule has 4 nitrogen and oxygen atoms in total. The van der Waals surface area contributed by atoms with Gasteiger partial charge in [0.05, 0.1) is 38.0 Å². The zero-order valence-electron chi connectivity index (χ0n) is 15.5. The van der Waals surface area contributed by atoms with Gasteiger partial charge < -0.3 is 19.5 Å². The van der Waals surface area contributed by atoms with Crippen LogP contribution in [0.1, 0.15) is 24.6 Å². The molecule has 136 valence electrons. The van der Waals surface area contributed by atoms with Crippen molar-refractivity contribution in [2.45, 2.75) is 38.9 Å². The second-order valence-corrected chi connectivity index (χ2v) is 7.25. The molecular formula is C21H33N3O+2. The zero-order valence-corrected chi connectivity index (χ0v) is 15.5. The lowest BCUT2D eigenvalue weighted by molar-refractivity contribution is -0.908. The third kappa shape index (κ3) is 5.99. The second kappa shape index (κ2) is 9.76. The Bertz CT molecular complexity index is 605. The molecule has 2 heterocycles. The van der Waals surface area contributed by atoms with Gasteiger partial charge in [0, 0.05) is 12.6 Å². The Morgan fingerprint density at radius 2 is 1.92 bits per heavy atom. The molecule has 0 radical (unpaired) electrons. The number of rotatable bonds is 9. The van der Waals surface area contributed by atoms with E-state index in [1.54, 1.807) is 4.90 Å². The highest BCUT2D eigenvalue weighted by atomic mass is 16.5. The highest BCUT2D eigenvalue weighted by Crippen LogP contribution is 2.04. The fourth-order valence-corrected chi connectivity index (χ4v) is 3.52. The summed E-state index contributed by atoms with van der Waals surface area (Å²) in [4.78, 5) is 1.67. The minimum Gasteiger partial charge on any atom is -0.370 e. The van der Waals surface area contributed by atoms with Gasteiger partial charge in [-0.15, -0.1) is 0 Å². The highest BCUT2D eigenvalue weighted by Gasteiger charge is 2.14. The number of ether oxygens (including phenoxy) is 1. The van der Waals surface area contributed by atoms with Crippen molar-refractivity contribution in [2.75, 3.05) is 32.8 Å². The van der Waals surface area contributed by atoms with Crippen molar-refractivity contribution < 1.29 is 15.0 Å². The lowest BCUT2D eigenvalue weighted by atomic mass is 10.1. The summed E-state index contributed by atoms with van der Waals surface area (Å²) in [5.74, 6) is 0. The Labute approximate surface area is 151 Å². The van der Waals surface area contributed by atoms with E-state index in [1.165, 1.54) is 30.6 Å². The van der Waals surface area contributed by atoms with E-state index in [4.69, 9.17) is 4.74 Å². The summed E-state index contributed by atoms with van der Waals surface area (Å²) >= 11 is 0. The average molecular weight is 344 g/mol. The van der Waals surface area contributed by atoms with Crippen LogP contribution in [0.4, 0.5) is 0 Å². The summed E-state index contributed by atoms with van der Waals surface area (Å²) in [6.07, 6.45) is 4.63. The van der Waals surface area contributed by atoms with E-state index in [1.807, 2.05) is 0 Å². The largest absolute Gasteiger partial charge is 0.370 e. The van der Waals surface area contributed by atoms with Gasteiger partial charge in [0.25, 0.3) is 0 Å². The van der Waals surface area contributed by atoms with Crippen LogP contribution >= 0.6 is 0 Å². The number of aromatic nitrogens is 1. The van der Waals surface area contributed by atoms with Gasteiger partial charge in [-0.1, -0.05) is 30.3 Å². The molecule has 3 N–H and O–H groups in total. The summed E-state index contributed by atoms with van der Waals surface area (Å²) < 4.78 is 7.88. The molecule has 0 aliphatic carbocycles. The van der Waals surface area contributed by atoms with Crippen LogP contribution in [0.15, 0.2) is 48.7 Å². The van der Waals surface area contributed by atoms with Crippen LogP contribution in [-0.2, 0) is 24.2 Å². The minimum atomic E-state index is 0.647. The molecule has 0 saturated carbocycles. The molecular weight excluding hydrogens is 310 g/mol. The molecule has 2 aromatic rings. The summed E-state index contributed by atoms with van der Waals surface area (Å²) in [6.45, 7) is 9.87. The maximum Gasteiger partial charge on any atom is 0.117 e. The van der Waals surface area contributed by atoms with Crippen LogP contribution in [-0.4, -0.2) is 43.5 Å². The van der Waals surface area contributed by atoms with E-state index in [-0.39, 0.29) is 0 Å².